The highest BCUT2D eigenvalue weighted by Gasteiger charge is 2.42. The van der Waals surface area contributed by atoms with E-state index in [1.54, 1.807) is 11.9 Å². The van der Waals surface area contributed by atoms with E-state index in [0.29, 0.717) is 11.4 Å². The molecule has 0 spiro atoms. The van der Waals surface area contributed by atoms with Gasteiger partial charge in [0, 0.05) is 23.8 Å². The largest absolute Gasteiger partial charge is 0.476 e. The van der Waals surface area contributed by atoms with Crippen LogP contribution < -0.4 is 5.32 Å². The first kappa shape index (κ1) is 29.5. The topological polar surface area (TPSA) is 99.6 Å². The third-order valence-electron chi connectivity index (χ3n) is 6.90. The second-order valence-electron chi connectivity index (χ2n) is 11.4. The Balaban J connectivity index is 2.36. The standard InChI is InChI=1S/C28H41N3O4S/c1-10-19(28(7,8)18-14-12-11-13-15-18)23(32)30-22(27(4,5)6)25(33)31(9)21(17(2)3)24-29-20(16-36-24)26(34)35/h11-17,19,21-22H,10H2,1-9H3,(H,30,32)(H,34,35)/t19-,21+,22-/m1/s1. The molecule has 2 rings (SSSR count). The summed E-state index contributed by atoms with van der Waals surface area (Å²) in [5.74, 6) is -1.82. The van der Waals surface area contributed by atoms with E-state index >= 15 is 0 Å². The summed E-state index contributed by atoms with van der Waals surface area (Å²) in [6.45, 7) is 15.9. The number of aromatic carboxylic acids is 1. The Morgan fingerprint density at radius 3 is 2.11 bits per heavy atom. The molecule has 0 aliphatic heterocycles. The second-order valence-corrected chi connectivity index (χ2v) is 12.3. The van der Waals surface area contributed by atoms with Gasteiger partial charge in [-0.2, -0.15) is 0 Å². The maximum atomic E-state index is 13.9. The van der Waals surface area contributed by atoms with E-state index in [1.165, 1.54) is 16.7 Å². The smallest absolute Gasteiger partial charge is 0.355 e. The predicted octanol–water partition coefficient (Wildman–Crippen LogP) is 5.53. The van der Waals surface area contributed by atoms with Crippen LogP contribution in [-0.4, -0.2) is 45.9 Å². The predicted molar refractivity (Wildman–Crippen MR) is 144 cm³/mol. The molecule has 36 heavy (non-hydrogen) atoms. The molecule has 0 bridgehead atoms. The van der Waals surface area contributed by atoms with E-state index in [4.69, 9.17) is 0 Å². The van der Waals surface area contributed by atoms with Crippen molar-refractivity contribution in [3.8, 4) is 0 Å². The minimum atomic E-state index is -1.10. The molecule has 0 unspecified atom stereocenters. The summed E-state index contributed by atoms with van der Waals surface area (Å²) in [7, 11) is 1.70. The van der Waals surface area contributed by atoms with Crippen LogP contribution in [0.3, 0.4) is 0 Å². The van der Waals surface area contributed by atoms with Gasteiger partial charge < -0.3 is 15.3 Å². The molecule has 2 N–H and O–H groups in total. The van der Waals surface area contributed by atoms with Gasteiger partial charge in [-0.25, -0.2) is 9.78 Å². The van der Waals surface area contributed by atoms with Crippen LogP contribution in [0.1, 0.15) is 88.9 Å². The summed E-state index contributed by atoms with van der Waals surface area (Å²) < 4.78 is 0. The van der Waals surface area contributed by atoms with Gasteiger partial charge in [0.1, 0.15) is 11.0 Å². The molecule has 0 saturated carbocycles. The van der Waals surface area contributed by atoms with Gasteiger partial charge in [-0.05, 0) is 23.3 Å². The van der Waals surface area contributed by atoms with Gasteiger partial charge in [0.05, 0.1) is 6.04 Å². The van der Waals surface area contributed by atoms with Crippen molar-refractivity contribution in [2.75, 3.05) is 7.05 Å². The molecule has 0 fully saturated rings. The number of benzene rings is 1. The lowest BCUT2D eigenvalue weighted by Crippen LogP contribution is -2.57. The fraction of sp³-hybridized carbons (Fsp3) is 0.571. The highest BCUT2D eigenvalue weighted by atomic mass is 32.1. The maximum absolute atomic E-state index is 13.9. The lowest BCUT2D eigenvalue weighted by molar-refractivity contribution is -0.142. The van der Waals surface area contributed by atoms with Crippen LogP contribution in [-0.2, 0) is 15.0 Å². The highest BCUT2D eigenvalue weighted by Crippen LogP contribution is 2.36. The molecular weight excluding hydrogens is 474 g/mol. The highest BCUT2D eigenvalue weighted by molar-refractivity contribution is 7.09. The van der Waals surface area contributed by atoms with Crippen LogP contribution in [0.4, 0.5) is 0 Å². The molecule has 7 nitrogen and oxygen atoms in total. The normalized spacial score (nSPS) is 14.7. The summed E-state index contributed by atoms with van der Waals surface area (Å²) in [5, 5.41) is 14.4. The molecular formula is C28H41N3O4S. The Labute approximate surface area is 219 Å². The van der Waals surface area contributed by atoms with Gasteiger partial charge in [0.15, 0.2) is 5.69 Å². The lowest BCUT2D eigenvalue weighted by atomic mass is 9.71. The van der Waals surface area contributed by atoms with Crippen LogP contribution in [0, 0.1) is 17.3 Å². The minimum absolute atomic E-state index is 0.0107. The van der Waals surface area contributed by atoms with Crippen molar-refractivity contribution in [1.82, 2.24) is 15.2 Å². The first-order valence-corrected chi connectivity index (χ1v) is 13.3. The number of carboxylic acid groups (broad SMARTS) is 1. The van der Waals surface area contributed by atoms with Gasteiger partial charge in [-0.1, -0.05) is 85.7 Å². The Kier molecular flexibility index (Phi) is 9.46. The zero-order valence-electron chi connectivity index (χ0n) is 23.0. The zero-order valence-corrected chi connectivity index (χ0v) is 23.8. The number of aromatic nitrogens is 1. The number of nitrogens with one attached hydrogen (secondary N) is 1. The quantitative estimate of drug-likeness (QED) is 0.433. The Hall–Kier alpha value is -2.74. The van der Waals surface area contributed by atoms with E-state index in [1.807, 2.05) is 71.9 Å². The molecule has 1 aromatic carbocycles. The molecule has 2 aromatic rings. The maximum Gasteiger partial charge on any atom is 0.355 e. The van der Waals surface area contributed by atoms with Crippen molar-refractivity contribution in [2.24, 2.45) is 17.3 Å². The monoisotopic (exact) mass is 515 g/mol. The summed E-state index contributed by atoms with van der Waals surface area (Å²) in [5.41, 5.74) is 0.0653. The van der Waals surface area contributed by atoms with Crippen molar-refractivity contribution < 1.29 is 19.5 Å². The van der Waals surface area contributed by atoms with Crippen molar-refractivity contribution in [3.05, 3.63) is 52.0 Å². The van der Waals surface area contributed by atoms with E-state index in [2.05, 4.69) is 24.1 Å². The van der Waals surface area contributed by atoms with Gasteiger partial charge in [0.2, 0.25) is 11.8 Å². The molecule has 8 heteroatoms. The molecule has 3 atom stereocenters. The van der Waals surface area contributed by atoms with E-state index in [-0.39, 0.29) is 29.3 Å². The Morgan fingerprint density at radius 2 is 1.67 bits per heavy atom. The Morgan fingerprint density at radius 1 is 1.08 bits per heavy atom. The summed E-state index contributed by atoms with van der Waals surface area (Å²) in [4.78, 5) is 44.8. The fourth-order valence-electron chi connectivity index (χ4n) is 4.74. The van der Waals surface area contributed by atoms with E-state index < -0.39 is 28.9 Å². The average Bonchev–Trinajstić information content (AvgIpc) is 3.27. The molecule has 0 aliphatic rings. The number of hydrogen-bond donors (Lipinski definition) is 2. The van der Waals surface area contributed by atoms with Gasteiger partial charge in [-0.3, -0.25) is 9.59 Å². The fourth-order valence-corrected chi connectivity index (χ4v) is 5.85. The number of thiazole rings is 1. The third kappa shape index (κ3) is 6.52. The number of likely N-dealkylation sites (N-methyl/N-ethyl adjacent to an activating group) is 1. The minimum Gasteiger partial charge on any atom is -0.476 e. The van der Waals surface area contributed by atoms with Gasteiger partial charge in [-0.15, -0.1) is 11.3 Å². The number of carbonyl (C=O) groups excluding carboxylic acids is 2. The molecule has 0 radical (unpaired) electrons. The molecule has 0 aliphatic carbocycles. The molecule has 1 aromatic heterocycles. The number of hydrogen-bond acceptors (Lipinski definition) is 5. The Bertz CT molecular complexity index is 1060. The van der Waals surface area contributed by atoms with Crippen LogP contribution in [0.5, 0.6) is 0 Å². The van der Waals surface area contributed by atoms with Crippen molar-refractivity contribution >= 4 is 29.1 Å². The molecule has 1 heterocycles. The average molecular weight is 516 g/mol. The van der Waals surface area contributed by atoms with Crippen molar-refractivity contribution in [3.63, 3.8) is 0 Å². The van der Waals surface area contributed by atoms with Crippen LogP contribution in [0.2, 0.25) is 0 Å². The van der Waals surface area contributed by atoms with Gasteiger partial charge >= 0.3 is 5.97 Å². The zero-order chi connectivity index (χ0) is 27.4. The molecule has 0 saturated heterocycles. The van der Waals surface area contributed by atoms with Crippen LogP contribution in [0.25, 0.3) is 0 Å². The second kappa shape index (κ2) is 11.5. The van der Waals surface area contributed by atoms with E-state index in [0.717, 1.165) is 5.56 Å². The SMILES string of the molecule is CC[C@H](C(=O)N[C@H](C(=O)N(C)[C@H](c1nc(C(=O)O)cs1)C(C)C)C(C)(C)C)C(C)(C)c1ccccc1. The number of amides is 2. The third-order valence-corrected chi connectivity index (χ3v) is 7.82. The first-order chi connectivity index (χ1) is 16.6. The number of rotatable bonds is 10. The molecule has 198 valence electrons. The van der Waals surface area contributed by atoms with Gasteiger partial charge in [0.25, 0.3) is 0 Å². The lowest BCUT2D eigenvalue weighted by Gasteiger charge is -2.40. The summed E-state index contributed by atoms with van der Waals surface area (Å²) >= 11 is 1.23. The number of carbonyl (C=O) groups is 3. The molecule has 2 amide bonds. The van der Waals surface area contributed by atoms with Crippen LogP contribution in [0.15, 0.2) is 35.7 Å². The summed E-state index contributed by atoms with van der Waals surface area (Å²) in [6, 6.07) is 8.77. The number of carboxylic acids is 1. The van der Waals surface area contributed by atoms with Crippen molar-refractivity contribution in [2.45, 2.75) is 79.3 Å². The summed E-state index contributed by atoms with van der Waals surface area (Å²) in [6.07, 6.45) is 0.625. The van der Waals surface area contributed by atoms with Crippen molar-refractivity contribution in [1.29, 1.82) is 0 Å². The number of nitrogens with zero attached hydrogens (tertiary/aromatic N) is 2. The van der Waals surface area contributed by atoms with Crippen LogP contribution >= 0.6 is 11.3 Å². The first-order valence-electron chi connectivity index (χ1n) is 12.4. The van der Waals surface area contributed by atoms with E-state index in [9.17, 15) is 19.5 Å².